The monoisotopic (exact) mass is 270 g/mol. The fraction of sp³-hybridized carbons (Fsp3) is 0.375. The van der Waals surface area contributed by atoms with Crippen molar-refractivity contribution in [3.8, 4) is 0 Å². The van der Waals surface area contributed by atoms with Crippen LogP contribution in [0, 0.1) is 6.92 Å². The van der Waals surface area contributed by atoms with Crippen LogP contribution in [0.1, 0.15) is 25.1 Å². The number of anilines is 2. The largest absolute Gasteiger partial charge is 0.378 e. The highest BCUT2D eigenvalue weighted by atomic mass is 15.2. The molecule has 0 bridgehead atoms. The molecule has 0 saturated carbocycles. The molecule has 2 heterocycles. The first kappa shape index (κ1) is 14.3. The molecule has 0 fully saturated rings. The zero-order valence-electron chi connectivity index (χ0n) is 12.4. The van der Waals surface area contributed by atoms with E-state index in [0.717, 1.165) is 30.3 Å². The van der Waals surface area contributed by atoms with E-state index in [0.29, 0.717) is 6.54 Å². The molecule has 0 atom stereocenters. The second kappa shape index (κ2) is 6.89. The minimum atomic E-state index is 0.715. The van der Waals surface area contributed by atoms with Gasteiger partial charge in [-0.15, -0.1) is 0 Å². The molecule has 2 rings (SSSR count). The van der Waals surface area contributed by atoms with Crippen LogP contribution in [0.4, 0.5) is 11.5 Å². The minimum absolute atomic E-state index is 0.715. The van der Waals surface area contributed by atoms with Crippen LogP contribution >= 0.6 is 0 Å². The van der Waals surface area contributed by atoms with Gasteiger partial charge in [0.2, 0.25) is 0 Å². The Bertz CT molecular complexity index is 515. The molecule has 4 nitrogen and oxygen atoms in total. The van der Waals surface area contributed by atoms with Gasteiger partial charge in [-0.05, 0) is 44.5 Å². The number of nitrogens with zero attached hydrogens (tertiary/aromatic N) is 3. The lowest BCUT2D eigenvalue weighted by atomic mass is 10.2. The van der Waals surface area contributed by atoms with Gasteiger partial charge < -0.3 is 10.2 Å². The number of aryl methyl sites for hydroxylation is 1. The number of aromatic nitrogens is 2. The Hall–Kier alpha value is -2.10. The summed E-state index contributed by atoms with van der Waals surface area (Å²) in [5.74, 6) is 1.02. The van der Waals surface area contributed by atoms with Crippen LogP contribution in [0.3, 0.4) is 0 Å². The van der Waals surface area contributed by atoms with Gasteiger partial charge in [-0.25, -0.2) is 4.98 Å². The molecule has 0 spiro atoms. The number of nitrogens with one attached hydrogen (secondary N) is 1. The summed E-state index contributed by atoms with van der Waals surface area (Å²) in [5.41, 5.74) is 3.23. The van der Waals surface area contributed by atoms with Gasteiger partial charge in [-0.2, -0.15) is 0 Å². The van der Waals surface area contributed by atoms with Gasteiger partial charge in [0, 0.05) is 19.3 Å². The van der Waals surface area contributed by atoms with Gasteiger partial charge in [-0.1, -0.05) is 6.07 Å². The molecular weight excluding hydrogens is 248 g/mol. The second-order valence-corrected chi connectivity index (χ2v) is 4.76. The molecule has 0 saturated heterocycles. The summed E-state index contributed by atoms with van der Waals surface area (Å²) in [6, 6.07) is 8.23. The van der Waals surface area contributed by atoms with E-state index in [2.05, 4.69) is 52.2 Å². The molecule has 1 N–H and O–H groups in total. The van der Waals surface area contributed by atoms with E-state index in [1.165, 1.54) is 5.56 Å². The molecule has 0 unspecified atom stereocenters. The van der Waals surface area contributed by atoms with Crippen LogP contribution in [-0.2, 0) is 6.54 Å². The number of hydrogen-bond acceptors (Lipinski definition) is 4. The Morgan fingerprint density at radius 1 is 1.00 bits per heavy atom. The first-order valence-corrected chi connectivity index (χ1v) is 7.09. The van der Waals surface area contributed by atoms with E-state index in [9.17, 15) is 0 Å². The highest BCUT2D eigenvalue weighted by Crippen LogP contribution is 2.14. The Kier molecular flexibility index (Phi) is 4.93. The van der Waals surface area contributed by atoms with E-state index in [1.807, 2.05) is 25.4 Å². The van der Waals surface area contributed by atoms with Crippen molar-refractivity contribution < 1.29 is 0 Å². The van der Waals surface area contributed by atoms with Crippen molar-refractivity contribution >= 4 is 11.5 Å². The lowest BCUT2D eigenvalue weighted by Gasteiger charge is -2.19. The number of hydrogen-bond donors (Lipinski definition) is 1. The third-order valence-corrected chi connectivity index (χ3v) is 3.28. The van der Waals surface area contributed by atoms with Crippen molar-refractivity contribution in [3.63, 3.8) is 0 Å². The molecule has 106 valence electrons. The predicted octanol–water partition coefficient (Wildman–Crippen LogP) is 3.24. The molecule has 0 aliphatic rings. The summed E-state index contributed by atoms with van der Waals surface area (Å²) in [5, 5.41) is 3.34. The Balaban J connectivity index is 1.95. The first-order valence-electron chi connectivity index (χ1n) is 7.09. The van der Waals surface area contributed by atoms with E-state index in [4.69, 9.17) is 0 Å². The van der Waals surface area contributed by atoms with Crippen molar-refractivity contribution in [3.05, 3.63) is 47.9 Å². The molecule has 4 heteroatoms. The lowest BCUT2D eigenvalue weighted by molar-refractivity contribution is 0.846. The van der Waals surface area contributed by atoms with E-state index in [1.54, 1.807) is 0 Å². The summed E-state index contributed by atoms with van der Waals surface area (Å²) in [6.45, 7) is 8.99. The molecule has 0 aliphatic heterocycles. The molecule has 0 aromatic carbocycles. The van der Waals surface area contributed by atoms with Gasteiger partial charge in [0.1, 0.15) is 5.82 Å². The van der Waals surface area contributed by atoms with Gasteiger partial charge in [0.15, 0.2) is 0 Å². The van der Waals surface area contributed by atoms with Crippen molar-refractivity contribution in [2.45, 2.75) is 27.3 Å². The summed E-state index contributed by atoms with van der Waals surface area (Å²) in [4.78, 5) is 11.1. The summed E-state index contributed by atoms with van der Waals surface area (Å²) in [7, 11) is 0. The van der Waals surface area contributed by atoms with E-state index < -0.39 is 0 Å². The van der Waals surface area contributed by atoms with Crippen molar-refractivity contribution in [1.29, 1.82) is 0 Å². The van der Waals surface area contributed by atoms with E-state index >= 15 is 0 Å². The molecule has 0 aliphatic carbocycles. The standard InChI is InChI=1S/C16H22N4/c1-4-20(5-2)16-9-8-15(12-19-16)18-11-14-7-6-13(3)10-17-14/h6-10,12,18H,4-5,11H2,1-3H3. The summed E-state index contributed by atoms with van der Waals surface area (Å²) < 4.78 is 0. The Morgan fingerprint density at radius 2 is 1.80 bits per heavy atom. The van der Waals surface area contributed by atoms with Crippen LogP contribution in [0.5, 0.6) is 0 Å². The maximum Gasteiger partial charge on any atom is 0.128 e. The topological polar surface area (TPSA) is 41.0 Å². The zero-order valence-corrected chi connectivity index (χ0v) is 12.4. The highest BCUT2D eigenvalue weighted by molar-refractivity contribution is 5.48. The lowest BCUT2D eigenvalue weighted by Crippen LogP contribution is -2.22. The van der Waals surface area contributed by atoms with Crippen LogP contribution < -0.4 is 10.2 Å². The van der Waals surface area contributed by atoms with E-state index in [-0.39, 0.29) is 0 Å². The molecule has 2 aromatic rings. The Labute approximate surface area is 120 Å². The van der Waals surface area contributed by atoms with Crippen LogP contribution in [0.15, 0.2) is 36.7 Å². The number of rotatable bonds is 6. The molecule has 0 amide bonds. The third-order valence-electron chi connectivity index (χ3n) is 3.28. The third kappa shape index (κ3) is 3.70. The average Bonchev–Trinajstić information content (AvgIpc) is 2.49. The second-order valence-electron chi connectivity index (χ2n) is 4.76. The molecule has 2 aromatic heterocycles. The molecule has 0 radical (unpaired) electrons. The quantitative estimate of drug-likeness (QED) is 0.875. The van der Waals surface area contributed by atoms with Crippen LogP contribution in [-0.4, -0.2) is 23.1 Å². The Morgan fingerprint density at radius 3 is 2.35 bits per heavy atom. The maximum absolute atomic E-state index is 4.49. The SMILES string of the molecule is CCN(CC)c1ccc(NCc2ccc(C)cn2)cn1. The van der Waals surface area contributed by atoms with Gasteiger partial charge >= 0.3 is 0 Å². The summed E-state index contributed by atoms with van der Waals surface area (Å²) >= 11 is 0. The average molecular weight is 270 g/mol. The van der Waals surface area contributed by atoms with Crippen molar-refractivity contribution in [1.82, 2.24) is 9.97 Å². The summed E-state index contributed by atoms with van der Waals surface area (Å²) in [6.07, 6.45) is 3.76. The zero-order chi connectivity index (χ0) is 14.4. The van der Waals surface area contributed by atoms with Gasteiger partial charge in [0.25, 0.3) is 0 Å². The molecule has 20 heavy (non-hydrogen) atoms. The minimum Gasteiger partial charge on any atom is -0.378 e. The van der Waals surface area contributed by atoms with Crippen molar-refractivity contribution in [2.24, 2.45) is 0 Å². The van der Waals surface area contributed by atoms with Crippen LogP contribution in [0.2, 0.25) is 0 Å². The number of pyridine rings is 2. The van der Waals surface area contributed by atoms with Crippen molar-refractivity contribution in [2.75, 3.05) is 23.3 Å². The van der Waals surface area contributed by atoms with Crippen LogP contribution in [0.25, 0.3) is 0 Å². The van der Waals surface area contributed by atoms with Gasteiger partial charge in [-0.3, -0.25) is 4.98 Å². The first-order chi connectivity index (χ1) is 9.72. The van der Waals surface area contributed by atoms with Gasteiger partial charge in [0.05, 0.1) is 24.1 Å². The normalized spacial score (nSPS) is 10.3. The fourth-order valence-electron chi connectivity index (χ4n) is 2.02. The fourth-order valence-corrected chi connectivity index (χ4v) is 2.02. The highest BCUT2D eigenvalue weighted by Gasteiger charge is 2.02. The smallest absolute Gasteiger partial charge is 0.128 e. The predicted molar refractivity (Wildman–Crippen MR) is 84.1 cm³/mol. The molecular formula is C16H22N4. The maximum atomic E-state index is 4.49.